The van der Waals surface area contributed by atoms with Gasteiger partial charge in [-0.05, 0) is 31.0 Å². The molecule has 4 heterocycles. The van der Waals surface area contributed by atoms with Crippen LogP contribution in [0.25, 0.3) is 10.9 Å². The zero-order valence-electron chi connectivity index (χ0n) is 15.6. The van der Waals surface area contributed by atoms with Crippen LogP contribution < -0.4 is 14.5 Å². The lowest BCUT2D eigenvalue weighted by Gasteiger charge is -2.40. The van der Waals surface area contributed by atoms with Gasteiger partial charge in [0.2, 0.25) is 0 Å². The van der Waals surface area contributed by atoms with Crippen molar-refractivity contribution in [3.05, 3.63) is 48.8 Å². The first kappa shape index (κ1) is 17.2. The van der Waals surface area contributed by atoms with Gasteiger partial charge in [0, 0.05) is 30.9 Å². The minimum absolute atomic E-state index is 0.0686. The molecule has 0 bridgehead atoms. The van der Waals surface area contributed by atoms with E-state index in [0.29, 0.717) is 5.88 Å². The number of nitrogens with zero attached hydrogens (tertiary/aromatic N) is 5. The van der Waals surface area contributed by atoms with Gasteiger partial charge < -0.3 is 19.6 Å². The van der Waals surface area contributed by atoms with Crippen LogP contribution in [0, 0.1) is 0 Å². The molecule has 2 fully saturated rings. The second-order valence-corrected chi connectivity index (χ2v) is 7.41. The molecule has 0 aliphatic carbocycles. The minimum Gasteiger partial charge on any atom is -0.468 e. The molecule has 0 spiro atoms. The topological polar surface area (TPSA) is 74.6 Å². The van der Waals surface area contributed by atoms with Gasteiger partial charge in [0.25, 0.3) is 5.88 Å². The summed E-state index contributed by atoms with van der Waals surface area (Å²) in [6.45, 7) is 3.10. The summed E-state index contributed by atoms with van der Waals surface area (Å²) in [6, 6.07) is 12.3. The van der Waals surface area contributed by atoms with E-state index < -0.39 is 0 Å². The molecule has 0 unspecified atom stereocenters. The van der Waals surface area contributed by atoms with Crippen molar-refractivity contribution in [1.29, 1.82) is 0 Å². The molecule has 7 nitrogen and oxygen atoms in total. The number of hydrogen-bond acceptors (Lipinski definition) is 7. The Kier molecular flexibility index (Phi) is 4.44. The molecule has 1 aromatic carbocycles. The first-order valence-electron chi connectivity index (χ1n) is 9.78. The van der Waals surface area contributed by atoms with Crippen LogP contribution >= 0.6 is 0 Å². The third kappa shape index (κ3) is 3.33. The molecule has 3 aromatic rings. The molecular formula is C21H23N5O2. The highest BCUT2D eigenvalue weighted by molar-refractivity contribution is 5.80. The molecule has 0 atom stereocenters. The van der Waals surface area contributed by atoms with Crippen molar-refractivity contribution in [3.8, 4) is 5.88 Å². The van der Waals surface area contributed by atoms with Crippen LogP contribution in [0.15, 0.2) is 48.8 Å². The Morgan fingerprint density at radius 2 is 1.71 bits per heavy atom. The number of ether oxygens (including phenoxy) is 1. The molecule has 2 aromatic heterocycles. The number of piperidine rings is 1. The van der Waals surface area contributed by atoms with Gasteiger partial charge in [0.05, 0.1) is 24.7 Å². The standard InChI is InChI=1S/C21H23N5O2/c27-16-7-11-25(12-8-16)20-21(23-10-9-22-20)28-17-13-26(14-17)19-6-5-15-3-1-2-4-18(15)24-19/h1-6,9-10,16-17,27H,7-8,11-14H2. The van der Waals surface area contributed by atoms with E-state index in [1.165, 1.54) is 0 Å². The number of pyridine rings is 1. The number of aliphatic hydroxyl groups is 1. The Bertz CT molecular complexity index is 968. The van der Waals surface area contributed by atoms with Gasteiger partial charge in [-0.15, -0.1) is 0 Å². The molecule has 5 rings (SSSR count). The van der Waals surface area contributed by atoms with Crippen LogP contribution in [0.4, 0.5) is 11.6 Å². The van der Waals surface area contributed by atoms with E-state index in [2.05, 4.69) is 38.0 Å². The second-order valence-electron chi connectivity index (χ2n) is 7.41. The van der Waals surface area contributed by atoms with E-state index in [0.717, 1.165) is 61.6 Å². The first-order chi connectivity index (χ1) is 13.8. The number of anilines is 2. The summed E-state index contributed by atoms with van der Waals surface area (Å²) in [4.78, 5) is 18.0. The molecule has 2 aliphatic rings. The molecule has 2 aliphatic heterocycles. The number of rotatable bonds is 4. The summed E-state index contributed by atoms with van der Waals surface area (Å²) < 4.78 is 6.15. The van der Waals surface area contributed by atoms with Gasteiger partial charge >= 0.3 is 0 Å². The van der Waals surface area contributed by atoms with Gasteiger partial charge in [-0.2, -0.15) is 0 Å². The second kappa shape index (κ2) is 7.24. The normalized spacial score (nSPS) is 18.3. The fraction of sp³-hybridized carbons (Fsp3) is 0.381. The summed E-state index contributed by atoms with van der Waals surface area (Å²) >= 11 is 0. The quantitative estimate of drug-likeness (QED) is 0.747. The van der Waals surface area contributed by atoms with Crippen molar-refractivity contribution in [2.24, 2.45) is 0 Å². The number of hydrogen-bond donors (Lipinski definition) is 1. The third-order valence-electron chi connectivity index (χ3n) is 5.44. The van der Waals surface area contributed by atoms with Crippen LogP contribution in [-0.2, 0) is 0 Å². The molecule has 0 radical (unpaired) electrons. The maximum absolute atomic E-state index is 9.73. The van der Waals surface area contributed by atoms with Crippen LogP contribution in [0.2, 0.25) is 0 Å². The fourth-order valence-corrected chi connectivity index (χ4v) is 3.78. The monoisotopic (exact) mass is 377 g/mol. The Balaban J connectivity index is 1.25. The predicted octanol–water partition coefficient (Wildman–Crippen LogP) is 2.25. The molecule has 0 amide bonds. The Hall–Kier alpha value is -2.93. The van der Waals surface area contributed by atoms with Crippen molar-refractivity contribution in [3.63, 3.8) is 0 Å². The van der Waals surface area contributed by atoms with Gasteiger partial charge in [-0.25, -0.2) is 15.0 Å². The highest BCUT2D eigenvalue weighted by Gasteiger charge is 2.31. The molecule has 1 N–H and O–H groups in total. The van der Waals surface area contributed by atoms with E-state index in [1.807, 2.05) is 18.2 Å². The number of benzene rings is 1. The van der Waals surface area contributed by atoms with E-state index >= 15 is 0 Å². The summed E-state index contributed by atoms with van der Waals surface area (Å²) in [5.74, 6) is 2.33. The average Bonchev–Trinajstić information content (AvgIpc) is 2.71. The summed E-state index contributed by atoms with van der Waals surface area (Å²) in [5.41, 5.74) is 1.01. The van der Waals surface area contributed by atoms with Gasteiger partial charge in [0.15, 0.2) is 5.82 Å². The van der Waals surface area contributed by atoms with Crippen LogP contribution in [0.1, 0.15) is 12.8 Å². The van der Waals surface area contributed by atoms with Crippen LogP contribution in [-0.4, -0.2) is 58.4 Å². The minimum atomic E-state index is -0.216. The zero-order chi connectivity index (χ0) is 18.9. The summed E-state index contributed by atoms with van der Waals surface area (Å²) in [5, 5.41) is 10.9. The van der Waals surface area contributed by atoms with Crippen molar-refractivity contribution in [2.75, 3.05) is 36.0 Å². The van der Waals surface area contributed by atoms with Crippen LogP contribution in [0.5, 0.6) is 5.88 Å². The third-order valence-corrected chi connectivity index (χ3v) is 5.44. The summed E-state index contributed by atoms with van der Waals surface area (Å²) in [6.07, 6.45) is 4.71. The molecule has 28 heavy (non-hydrogen) atoms. The van der Waals surface area contributed by atoms with Gasteiger partial charge in [-0.1, -0.05) is 18.2 Å². The van der Waals surface area contributed by atoms with Gasteiger partial charge in [0.1, 0.15) is 11.9 Å². The molecule has 144 valence electrons. The lowest BCUT2D eigenvalue weighted by molar-refractivity contribution is 0.142. The van der Waals surface area contributed by atoms with Gasteiger partial charge in [-0.3, -0.25) is 0 Å². The predicted molar refractivity (Wildman–Crippen MR) is 108 cm³/mol. The molecule has 2 saturated heterocycles. The highest BCUT2D eigenvalue weighted by atomic mass is 16.5. The van der Waals surface area contributed by atoms with Crippen molar-refractivity contribution >= 4 is 22.5 Å². The Morgan fingerprint density at radius 3 is 2.57 bits per heavy atom. The lowest BCUT2D eigenvalue weighted by atomic mass is 10.1. The maximum Gasteiger partial charge on any atom is 0.258 e. The first-order valence-corrected chi connectivity index (χ1v) is 9.78. The largest absolute Gasteiger partial charge is 0.468 e. The SMILES string of the molecule is OC1CCN(c2nccnc2OC2CN(c3ccc4ccccc4n3)C2)CC1. The van der Waals surface area contributed by atoms with E-state index in [-0.39, 0.29) is 12.2 Å². The molecule has 7 heteroatoms. The average molecular weight is 377 g/mol. The van der Waals surface area contributed by atoms with Crippen molar-refractivity contribution in [1.82, 2.24) is 15.0 Å². The highest BCUT2D eigenvalue weighted by Crippen LogP contribution is 2.29. The van der Waals surface area contributed by atoms with E-state index in [1.54, 1.807) is 12.4 Å². The van der Waals surface area contributed by atoms with E-state index in [9.17, 15) is 5.11 Å². The Labute approximate surface area is 163 Å². The van der Waals surface area contributed by atoms with Crippen molar-refractivity contribution < 1.29 is 9.84 Å². The lowest BCUT2D eigenvalue weighted by Crippen LogP contribution is -2.54. The summed E-state index contributed by atoms with van der Waals surface area (Å²) in [7, 11) is 0. The smallest absolute Gasteiger partial charge is 0.258 e. The number of aromatic nitrogens is 3. The van der Waals surface area contributed by atoms with Crippen molar-refractivity contribution in [2.45, 2.75) is 25.0 Å². The molecule has 0 saturated carbocycles. The zero-order valence-corrected chi connectivity index (χ0v) is 15.6. The van der Waals surface area contributed by atoms with Crippen LogP contribution in [0.3, 0.4) is 0 Å². The maximum atomic E-state index is 9.73. The number of aliphatic hydroxyl groups excluding tert-OH is 1. The number of fused-ring (bicyclic) bond motifs is 1. The number of para-hydroxylation sites is 1. The van der Waals surface area contributed by atoms with E-state index in [4.69, 9.17) is 9.72 Å². The fourth-order valence-electron chi connectivity index (χ4n) is 3.78. The molecular weight excluding hydrogens is 354 g/mol. The Morgan fingerprint density at radius 1 is 0.929 bits per heavy atom.